The van der Waals surface area contributed by atoms with E-state index in [2.05, 4.69) is 20.8 Å². The molecule has 1 aliphatic heterocycles. The Balaban J connectivity index is 2.24. The number of benzene rings is 1. The Morgan fingerprint density at radius 1 is 1.28 bits per heavy atom. The monoisotopic (exact) mass is 349 g/mol. The number of amides is 1. The average molecular weight is 349 g/mol. The molecular weight excluding hydrogens is 318 g/mol. The van der Waals surface area contributed by atoms with E-state index >= 15 is 0 Å². The number of hydrogen-bond donors (Lipinski definition) is 0. The molecule has 0 bridgehead atoms. The summed E-state index contributed by atoms with van der Waals surface area (Å²) < 4.78 is 17.0. The summed E-state index contributed by atoms with van der Waals surface area (Å²) in [5, 5.41) is 0. The SMILES string of the molecule is CCCC[C@@H]1CN(C(=O)c2cccc(OC)c2OC)C[C@H](C(C)C)O1. The van der Waals surface area contributed by atoms with Gasteiger partial charge in [0.25, 0.3) is 5.91 Å². The second kappa shape index (κ2) is 9.09. The van der Waals surface area contributed by atoms with Gasteiger partial charge >= 0.3 is 0 Å². The molecule has 1 amide bonds. The van der Waals surface area contributed by atoms with E-state index in [4.69, 9.17) is 14.2 Å². The maximum atomic E-state index is 13.2. The van der Waals surface area contributed by atoms with Gasteiger partial charge in [-0.3, -0.25) is 4.79 Å². The first kappa shape index (κ1) is 19.6. The van der Waals surface area contributed by atoms with Crippen LogP contribution >= 0.6 is 0 Å². The normalized spacial score (nSPS) is 20.6. The number of para-hydroxylation sites is 1. The molecule has 1 aromatic carbocycles. The number of nitrogens with zero attached hydrogens (tertiary/aromatic N) is 1. The van der Waals surface area contributed by atoms with Gasteiger partial charge < -0.3 is 19.1 Å². The van der Waals surface area contributed by atoms with Crippen LogP contribution in [0.1, 0.15) is 50.4 Å². The molecule has 1 fully saturated rings. The van der Waals surface area contributed by atoms with Gasteiger partial charge in [0.1, 0.15) is 0 Å². The fourth-order valence-electron chi connectivity index (χ4n) is 3.22. The molecule has 0 saturated carbocycles. The number of methoxy groups -OCH3 is 2. The molecule has 2 atom stereocenters. The maximum absolute atomic E-state index is 13.2. The first-order chi connectivity index (χ1) is 12.0. The number of morpholine rings is 1. The molecule has 140 valence electrons. The molecule has 2 rings (SSSR count). The minimum absolute atomic E-state index is 0.0220. The first-order valence-corrected chi connectivity index (χ1v) is 9.17. The van der Waals surface area contributed by atoms with Crippen molar-refractivity contribution in [3.05, 3.63) is 23.8 Å². The highest BCUT2D eigenvalue weighted by atomic mass is 16.5. The Bertz CT molecular complexity index is 573. The van der Waals surface area contributed by atoms with Crippen molar-refractivity contribution in [2.75, 3.05) is 27.3 Å². The minimum Gasteiger partial charge on any atom is -0.493 e. The predicted octanol–water partition coefficient (Wildman–Crippen LogP) is 3.76. The Morgan fingerprint density at radius 3 is 2.64 bits per heavy atom. The van der Waals surface area contributed by atoms with E-state index in [1.165, 1.54) is 0 Å². The summed E-state index contributed by atoms with van der Waals surface area (Å²) in [4.78, 5) is 15.1. The summed E-state index contributed by atoms with van der Waals surface area (Å²) in [6, 6.07) is 5.42. The highest BCUT2D eigenvalue weighted by molar-refractivity contribution is 5.98. The van der Waals surface area contributed by atoms with Crippen molar-refractivity contribution in [2.24, 2.45) is 5.92 Å². The average Bonchev–Trinajstić information content (AvgIpc) is 2.64. The van der Waals surface area contributed by atoms with Crippen molar-refractivity contribution < 1.29 is 19.0 Å². The molecule has 0 aromatic heterocycles. The van der Waals surface area contributed by atoms with Gasteiger partial charge in [-0.15, -0.1) is 0 Å². The van der Waals surface area contributed by atoms with E-state index in [-0.39, 0.29) is 18.1 Å². The highest BCUT2D eigenvalue weighted by Crippen LogP contribution is 2.32. The Hall–Kier alpha value is -1.75. The number of carbonyl (C=O) groups excluding carboxylic acids is 1. The zero-order valence-corrected chi connectivity index (χ0v) is 16.1. The predicted molar refractivity (Wildman–Crippen MR) is 98.5 cm³/mol. The van der Waals surface area contributed by atoms with Crippen molar-refractivity contribution in [1.82, 2.24) is 4.90 Å². The van der Waals surface area contributed by atoms with E-state index in [1.54, 1.807) is 26.4 Å². The molecule has 1 heterocycles. The fraction of sp³-hybridized carbons (Fsp3) is 0.650. The minimum atomic E-state index is -0.0220. The largest absolute Gasteiger partial charge is 0.493 e. The highest BCUT2D eigenvalue weighted by Gasteiger charge is 2.33. The van der Waals surface area contributed by atoms with Gasteiger partial charge in [0, 0.05) is 13.1 Å². The number of hydrogen-bond acceptors (Lipinski definition) is 4. The summed E-state index contributed by atoms with van der Waals surface area (Å²) >= 11 is 0. The number of carbonyl (C=O) groups is 1. The van der Waals surface area contributed by atoms with Crippen molar-refractivity contribution >= 4 is 5.91 Å². The molecule has 0 spiro atoms. The van der Waals surface area contributed by atoms with Crippen molar-refractivity contribution in [2.45, 2.75) is 52.2 Å². The molecule has 25 heavy (non-hydrogen) atoms. The van der Waals surface area contributed by atoms with Gasteiger partial charge in [0.15, 0.2) is 11.5 Å². The maximum Gasteiger partial charge on any atom is 0.257 e. The lowest BCUT2D eigenvalue weighted by Gasteiger charge is -2.40. The first-order valence-electron chi connectivity index (χ1n) is 9.17. The van der Waals surface area contributed by atoms with Crippen LogP contribution in [0.25, 0.3) is 0 Å². The Kier molecular flexibility index (Phi) is 7.12. The molecular formula is C20H31NO4. The summed E-state index contributed by atoms with van der Waals surface area (Å²) in [5.74, 6) is 1.41. The van der Waals surface area contributed by atoms with Gasteiger partial charge in [-0.25, -0.2) is 0 Å². The quantitative estimate of drug-likeness (QED) is 0.752. The fourth-order valence-corrected chi connectivity index (χ4v) is 3.22. The van der Waals surface area contributed by atoms with E-state index in [0.29, 0.717) is 36.1 Å². The van der Waals surface area contributed by atoms with Crippen molar-refractivity contribution in [3.63, 3.8) is 0 Å². The van der Waals surface area contributed by atoms with Crippen LogP contribution in [0.3, 0.4) is 0 Å². The lowest BCUT2D eigenvalue weighted by atomic mass is 10.0. The van der Waals surface area contributed by atoms with Gasteiger partial charge in [-0.1, -0.05) is 39.7 Å². The van der Waals surface area contributed by atoms with Crippen LogP contribution in [-0.2, 0) is 4.74 Å². The topological polar surface area (TPSA) is 48.0 Å². The smallest absolute Gasteiger partial charge is 0.257 e. The van der Waals surface area contributed by atoms with Gasteiger partial charge in [-0.05, 0) is 24.5 Å². The van der Waals surface area contributed by atoms with E-state index in [9.17, 15) is 4.79 Å². The summed E-state index contributed by atoms with van der Waals surface area (Å²) in [5.41, 5.74) is 0.542. The van der Waals surface area contributed by atoms with Crippen LogP contribution < -0.4 is 9.47 Å². The summed E-state index contributed by atoms with van der Waals surface area (Å²) in [6.07, 6.45) is 3.39. The number of ether oxygens (including phenoxy) is 3. The van der Waals surface area contributed by atoms with Gasteiger partial charge in [0.2, 0.25) is 0 Å². The molecule has 5 heteroatoms. The second-order valence-electron chi connectivity index (χ2n) is 6.93. The van der Waals surface area contributed by atoms with Gasteiger partial charge in [-0.2, -0.15) is 0 Å². The van der Waals surface area contributed by atoms with Crippen molar-refractivity contribution in [3.8, 4) is 11.5 Å². The molecule has 0 N–H and O–H groups in total. The molecule has 1 saturated heterocycles. The third-order valence-electron chi connectivity index (χ3n) is 4.74. The third kappa shape index (κ3) is 4.66. The molecule has 1 aromatic rings. The summed E-state index contributed by atoms with van der Waals surface area (Å²) in [6.45, 7) is 7.69. The molecule has 0 unspecified atom stereocenters. The van der Waals surface area contributed by atoms with Crippen LogP contribution in [0.15, 0.2) is 18.2 Å². The van der Waals surface area contributed by atoms with Crippen molar-refractivity contribution in [1.29, 1.82) is 0 Å². The van der Waals surface area contributed by atoms with Crippen LogP contribution in [-0.4, -0.2) is 50.3 Å². The molecule has 0 radical (unpaired) electrons. The molecule has 1 aliphatic rings. The molecule has 5 nitrogen and oxygen atoms in total. The van der Waals surface area contributed by atoms with Crippen LogP contribution in [0, 0.1) is 5.92 Å². The zero-order chi connectivity index (χ0) is 18.4. The van der Waals surface area contributed by atoms with E-state index in [1.807, 2.05) is 11.0 Å². The van der Waals surface area contributed by atoms with Crippen LogP contribution in [0.4, 0.5) is 0 Å². The third-order valence-corrected chi connectivity index (χ3v) is 4.74. The lowest BCUT2D eigenvalue weighted by molar-refractivity contribution is -0.0963. The lowest BCUT2D eigenvalue weighted by Crippen LogP contribution is -2.51. The molecule has 0 aliphatic carbocycles. The van der Waals surface area contributed by atoms with Gasteiger partial charge in [0.05, 0.1) is 32.0 Å². The number of unbranched alkanes of at least 4 members (excludes halogenated alkanes) is 1. The van der Waals surface area contributed by atoms with Crippen LogP contribution in [0.2, 0.25) is 0 Å². The second-order valence-corrected chi connectivity index (χ2v) is 6.93. The van der Waals surface area contributed by atoms with E-state index < -0.39 is 0 Å². The van der Waals surface area contributed by atoms with E-state index in [0.717, 1.165) is 19.3 Å². The Morgan fingerprint density at radius 2 is 2.04 bits per heavy atom. The standard InChI is InChI=1S/C20H31NO4/c1-6-7-9-15-12-21(13-18(25-15)14(2)3)20(22)16-10-8-11-17(23-4)19(16)24-5/h8,10-11,14-15,18H,6-7,9,12-13H2,1-5H3/t15-,18-/m1/s1. The van der Waals surface area contributed by atoms with Crippen LogP contribution in [0.5, 0.6) is 11.5 Å². The zero-order valence-electron chi connectivity index (χ0n) is 16.1. The Labute approximate surface area is 151 Å². The number of rotatable bonds is 7. The summed E-state index contributed by atoms with van der Waals surface area (Å²) in [7, 11) is 3.14.